The molecule has 0 radical (unpaired) electrons. The molecule has 0 spiro atoms. The predicted molar refractivity (Wildman–Crippen MR) is 59.5 cm³/mol. The second kappa shape index (κ2) is 4.75. The second-order valence-corrected chi connectivity index (χ2v) is 4.85. The molecule has 4 heteroatoms. The van der Waals surface area contributed by atoms with Crippen molar-refractivity contribution >= 4 is 0 Å². The van der Waals surface area contributed by atoms with E-state index in [1.165, 1.54) is 6.42 Å². The van der Waals surface area contributed by atoms with Crippen molar-refractivity contribution in [2.45, 2.75) is 33.2 Å². The molecule has 15 heavy (non-hydrogen) atoms. The quantitative estimate of drug-likeness (QED) is 0.787. The zero-order valence-electron chi connectivity index (χ0n) is 9.61. The zero-order valence-corrected chi connectivity index (χ0v) is 9.61. The molecule has 1 fully saturated rings. The zero-order chi connectivity index (χ0) is 10.7. The van der Waals surface area contributed by atoms with Crippen molar-refractivity contribution in [3.05, 3.63) is 12.2 Å². The van der Waals surface area contributed by atoms with Crippen LogP contribution in [0.25, 0.3) is 0 Å². The van der Waals surface area contributed by atoms with E-state index in [0.29, 0.717) is 0 Å². The minimum Gasteiger partial charge on any atom is -0.318 e. The summed E-state index contributed by atoms with van der Waals surface area (Å²) < 4.78 is 2.21. The fourth-order valence-electron chi connectivity index (χ4n) is 1.77. The van der Waals surface area contributed by atoms with E-state index >= 15 is 0 Å². The van der Waals surface area contributed by atoms with Crippen molar-refractivity contribution in [2.24, 2.45) is 11.8 Å². The van der Waals surface area contributed by atoms with Gasteiger partial charge in [-0.05, 0) is 31.3 Å². The Morgan fingerprint density at radius 2 is 2.33 bits per heavy atom. The van der Waals surface area contributed by atoms with Crippen LogP contribution in [0.1, 0.15) is 26.1 Å². The van der Waals surface area contributed by atoms with Crippen LogP contribution in [-0.2, 0) is 13.0 Å². The fourth-order valence-corrected chi connectivity index (χ4v) is 1.77. The summed E-state index contributed by atoms with van der Waals surface area (Å²) in [6.07, 6.45) is 4.14. The molecule has 0 amide bonds. The summed E-state index contributed by atoms with van der Waals surface area (Å²) in [5.41, 5.74) is 0. The molecule has 84 valence electrons. The summed E-state index contributed by atoms with van der Waals surface area (Å²) in [6, 6.07) is 0. The SMILES string of the molecule is CC(C)CCn1cnnc1CC1CNC1. The van der Waals surface area contributed by atoms with Gasteiger partial charge < -0.3 is 9.88 Å². The molecule has 1 aliphatic heterocycles. The first kappa shape index (κ1) is 10.6. The molecule has 0 atom stereocenters. The molecule has 2 rings (SSSR count). The lowest BCUT2D eigenvalue weighted by atomic mass is 9.99. The Labute approximate surface area is 91.1 Å². The van der Waals surface area contributed by atoms with Crippen molar-refractivity contribution in [1.82, 2.24) is 20.1 Å². The maximum Gasteiger partial charge on any atom is 0.133 e. The average Bonchev–Trinajstić information content (AvgIpc) is 2.55. The summed E-state index contributed by atoms with van der Waals surface area (Å²) in [5, 5.41) is 11.5. The van der Waals surface area contributed by atoms with E-state index in [0.717, 1.165) is 43.7 Å². The highest BCUT2D eigenvalue weighted by molar-refractivity contribution is 4.92. The first-order valence-electron chi connectivity index (χ1n) is 5.83. The molecule has 0 aromatic carbocycles. The molecule has 0 saturated carbocycles. The van der Waals surface area contributed by atoms with Crippen molar-refractivity contribution < 1.29 is 0 Å². The fraction of sp³-hybridized carbons (Fsp3) is 0.818. The van der Waals surface area contributed by atoms with Crippen molar-refractivity contribution in [3.8, 4) is 0 Å². The van der Waals surface area contributed by atoms with Crippen LogP contribution in [0.2, 0.25) is 0 Å². The number of aromatic nitrogens is 3. The Morgan fingerprint density at radius 1 is 1.53 bits per heavy atom. The van der Waals surface area contributed by atoms with Crippen LogP contribution in [0.15, 0.2) is 6.33 Å². The summed E-state index contributed by atoms with van der Waals surface area (Å²) in [4.78, 5) is 0. The van der Waals surface area contributed by atoms with E-state index in [9.17, 15) is 0 Å². The maximum atomic E-state index is 4.20. The van der Waals surface area contributed by atoms with Crippen LogP contribution in [0, 0.1) is 11.8 Å². The Morgan fingerprint density at radius 3 is 2.93 bits per heavy atom. The molecule has 1 saturated heterocycles. The van der Waals surface area contributed by atoms with E-state index in [4.69, 9.17) is 0 Å². The minimum absolute atomic E-state index is 0.741. The number of hydrogen-bond donors (Lipinski definition) is 1. The van der Waals surface area contributed by atoms with Gasteiger partial charge in [0.1, 0.15) is 12.2 Å². The Hall–Kier alpha value is -0.900. The van der Waals surface area contributed by atoms with E-state index in [1.807, 2.05) is 6.33 Å². The third kappa shape index (κ3) is 2.78. The van der Waals surface area contributed by atoms with Crippen LogP contribution in [0.3, 0.4) is 0 Å². The van der Waals surface area contributed by atoms with Gasteiger partial charge in [0.15, 0.2) is 0 Å². The third-order valence-corrected chi connectivity index (χ3v) is 2.98. The van der Waals surface area contributed by atoms with Crippen LogP contribution < -0.4 is 5.32 Å². The van der Waals surface area contributed by atoms with Crippen LogP contribution in [0.5, 0.6) is 0 Å². The van der Waals surface area contributed by atoms with Gasteiger partial charge in [0.05, 0.1) is 0 Å². The van der Waals surface area contributed by atoms with E-state index in [1.54, 1.807) is 0 Å². The largest absolute Gasteiger partial charge is 0.318 e. The highest BCUT2D eigenvalue weighted by Crippen LogP contribution is 2.11. The summed E-state index contributed by atoms with van der Waals surface area (Å²) in [5.74, 6) is 2.67. The standard InChI is InChI=1S/C11H20N4/c1-9(2)3-4-15-8-13-14-11(15)5-10-6-12-7-10/h8-10,12H,3-7H2,1-2H3. The van der Waals surface area contributed by atoms with Gasteiger partial charge in [-0.1, -0.05) is 13.8 Å². The lowest BCUT2D eigenvalue weighted by Gasteiger charge is -2.26. The average molecular weight is 208 g/mol. The highest BCUT2D eigenvalue weighted by atomic mass is 15.3. The van der Waals surface area contributed by atoms with Crippen LogP contribution in [-0.4, -0.2) is 27.9 Å². The van der Waals surface area contributed by atoms with Crippen molar-refractivity contribution in [1.29, 1.82) is 0 Å². The Balaban J connectivity index is 1.89. The van der Waals surface area contributed by atoms with Gasteiger partial charge in [-0.2, -0.15) is 0 Å². The number of nitrogens with one attached hydrogen (secondary N) is 1. The first-order valence-corrected chi connectivity index (χ1v) is 5.83. The lowest BCUT2D eigenvalue weighted by Crippen LogP contribution is -2.43. The minimum atomic E-state index is 0.741. The summed E-state index contributed by atoms with van der Waals surface area (Å²) in [6.45, 7) is 7.83. The summed E-state index contributed by atoms with van der Waals surface area (Å²) in [7, 11) is 0. The molecule has 0 unspecified atom stereocenters. The lowest BCUT2D eigenvalue weighted by molar-refractivity contribution is 0.335. The molecule has 1 N–H and O–H groups in total. The molecule has 1 aromatic heterocycles. The predicted octanol–water partition coefficient (Wildman–Crippen LogP) is 1.09. The second-order valence-electron chi connectivity index (χ2n) is 4.85. The Kier molecular flexibility index (Phi) is 3.36. The molecule has 4 nitrogen and oxygen atoms in total. The molecule has 1 aliphatic rings. The molecule has 2 heterocycles. The van der Waals surface area contributed by atoms with Gasteiger partial charge in [0, 0.05) is 13.0 Å². The van der Waals surface area contributed by atoms with Crippen LogP contribution >= 0.6 is 0 Å². The number of hydrogen-bond acceptors (Lipinski definition) is 3. The number of rotatable bonds is 5. The molecule has 0 aliphatic carbocycles. The Bertz CT molecular complexity index is 301. The molecule has 1 aromatic rings. The maximum absolute atomic E-state index is 4.20. The molecular weight excluding hydrogens is 188 g/mol. The van der Waals surface area contributed by atoms with Gasteiger partial charge >= 0.3 is 0 Å². The van der Waals surface area contributed by atoms with Gasteiger partial charge in [0.25, 0.3) is 0 Å². The van der Waals surface area contributed by atoms with Gasteiger partial charge in [-0.15, -0.1) is 10.2 Å². The third-order valence-electron chi connectivity index (χ3n) is 2.98. The summed E-state index contributed by atoms with van der Waals surface area (Å²) >= 11 is 0. The van der Waals surface area contributed by atoms with E-state index in [-0.39, 0.29) is 0 Å². The molecular formula is C11H20N4. The topological polar surface area (TPSA) is 42.7 Å². The van der Waals surface area contributed by atoms with E-state index < -0.39 is 0 Å². The number of aryl methyl sites for hydroxylation is 1. The normalized spacial score (nSPS) is 17.0. The van der Waals surface area contributed by atoms with Gasteiger partial charge in [0.2, 0.25) is 0 Å². The molecule has 0 bridgehead atoms. The van der Waals surface area contributed by atoms with Gasteiger partial charge in [-0.25, -0.2) is 0 Å². The van der Waals surface area contributed by atoms with Gasteiger partial charge in [-0.3, -0.25) is 0 Å². The highest BCUT2D eigenvalue weighted by Gasteiger charge is 2.19. The smallest absolute Gasteiger partial charge is 0.133 e. The number of nitrogens with zero attached hydrogens (tertiary/aromatic N) is 3. The monoisotopic (exact) mass is 208 g/mol. The van der Waals surface area contributed by atoms with E-state index in [2.05, 4.69) is 33.9 Å². The van der Waals surface area contributed by atoms with Crippen molar-refractivity contribution in [3.63, 3.8) is 0 Å². The van der Waals surface area contributed by atoms with Crippen molar-refractivity contribution in [2.75, 3.05) is 13.1 Å². The first-order chi connectivity index (χ1) is 7.25. The van der Waals surface area contributed by atoms with Crippen LogP contribution in [0.4, 0.5) is 0 Å².